The van der Waals surface area contributed by atoms with Crippen molar-refractivity contribution in [3.05, 3.63) is 53.3 Å². The standard InChI is InChI=1S/C26H31FN2O3/c1-26(2)14-18-12-17(21-13-19(27)5-7-22(21)31-3)4-6-20(18)24(26)28-25(30)32-23-15-29-10-8-16(23)9-11-29/h4-7,12-13,16,23-24H,8-11,14-15H2,1-3H3,(H,28,30)/t23-,24?/m0/s1. The van der Waals surface area contributed by atoms with Crippen LogP contribution in [0.4, 0.5) is 9.18 Å². The molecule has 1 aliphatic carbocycles. The van der Waals surface area contributed by atoms with Gasteiger partial charge in [-0.2, -0.15) is 0 Å². The Labute approximate surface area is 188 Å². The van der Waals surface area contributed by atoms with Crippen LogP contribution in [0.15, 0.2) is 36.4 Å². The first kappa shape index (κ1) is 21.3. The monoisotopic (exact) mass is 438 g/mol. The van der Waals surface area contributed by atoms with Gasteiger partial charge in [-0.05, 0) is 78.6 Å². The van der Waals surface area contributed by atoms with E-state index in [1.807, 2.05) is 12.1 Å². The number of ether oxygens (including phenoxy) is 2. The molecule has 1 unspecified atom stereocenters. The number of carbonyl (C=O) groups excluding carboxylic acids is 1. The van der Waals surface area contributed by atoms with Gasteiger partial charge in [0.15, 0.2) is 0 Å². The SMILES string of the molecule is COc1ccc(F)cc1-c1ccc2c(c1)CC(C)(C)C2NC(=O)O[C@H]1CN2CCC1CC2. The van der Waals surface area contributed by atoms with Gasteiger partial charge in [0.25, 0.3) is 0 Å². The Morgan fingerprint density at radius 3 is 2.62 bits per heavy atom. The third kappa shape index (κ3) is 3.85. The van der Waals surface area contributed by atoms with Crippen molar-refractivity contribution in [1.82, 2.24) is 10.2 Å². The van der Waals surface area contributed by atoms with Crippen LogP contribution in [-0.2, 0) is 11.2 Å². The molecule has 3 fully saturated rings. The number of methoxy groups -OCH3 is 1. The van der Waals surface area contributed by atoms with Crippen LogP contribution in [-0.4, -0.2) is 43.8 Å². The van der Waals surface area contributed by atoms with Gasteiger partial charge in [0.2, 0.25) is 0 Å². The predicted molar refractivity (Wildman–Crippen MR) is 121 cm³/mol. The first-order chi connectivity index (χ1) is 15.3. The maximum absolute atomic E-state index is 13.9. The lowest BCUT2D eigenvalue weighted by atomic mass is 9.85. The number of nitrogens with one attached hydrogen (secondary N) is 1. The summed E-state index contributed by atoms with van der Waals surface area (Å²) < 4.78 is 25.2. The predicted octanol–water partition coefficient (Wildman–Crippen LogP) is 4.95. The molecule has 3 heterocycles. The van der Waals surface area contributed by atoms with Crippen molar-refractivity contribution in [2.24, 2.45) is 11.3 Å². The first-order valence-corrected chi connectivity index (χ1v) is 11.5. The maximum atomic E-state index is 13.9. The number of hydrogen-bond acceptors (Lipinski definition) is 4. The molecule has 5 nitrogen and oxygen atoms in total. The maximum Gasteiger partial charge on any atom is 0.407 e. The van der Waals surface area contributed by atoms with Gasteiger partial charge in [0.1, 0.15) is 17.7 Å². The molecule has 0 spiro atoms. The fourth-order valence-corrected chi connectivity index (χ4v) is 5.73. The number of amides is 1. The number of rotatable bonds is 4. The Kier molecular flexibility index (Phi) is 5.36. The summed E-state index contributed by atoms with van der Waals surface area (Å²) >= 11 is 0. The van der Waals surface area contributed by atoms with E-state index in [1.165, 1.54) is 12.1 Å². The van der Waals surface area contributed by atoms with Gasteiger partial charge in [-0.1, -0.05) is 32.0 Å². The number of carbonyl (C=O) groups is 1. The summed E-state index contributed by atoms with van der Waals surface area (Å²) in [7, 11) is 1.59. The topological polar surface area (TPSA) is 50.8 Å². The number of benzene rings is 2. The number of alkyl carbamates (subject to hydrolysis) is 1. The minimum atomic E-state index is -0.328. The highest BCUT2D eigenvalue weighted by Crippen LogP contribution is 2.47. The molecule has 0 saturated carbocycles. The fraction of sp³-hybridized carbons (Fsp3) is 0.500. The van der Waals surface area contributed by atoms with E-state index in [-0.39, 0.29) is 29.5 Å². The molecule has 2 aromatic carbocycles. The van der Waals surface area contributed by atoms with Crippen molar-refractivity contribution >= 4 is 6.09 Å². The minimum Gasteiger partial charge on any atom is -0.496 e. The van der Waals surface area contributed by atoms with Crippen LogP contribution in [0, 0.1) is 17.2 Å². The zero-order chi connectivity index (χ0) is 22.5. The number of nitrogens with zero attached hydrogens (tertiary/aromatic N) is 1. The molecule has 0 radical (unpaired) electrons. The van der Waals surface area contributed by atoms with Crippen molar-refractivity contribution in [2.75, 3.05) is 26.7 Å². The molecule has 3 saturated heterocycles. The van der Waals surface area contributed by atoms with Crippen LogP contribution in [0.3, 0.4) is 0 Å². The molecule has 4 aliphatic rings. The summed E-state index contributed by atoms with van der Waals surface area (Å²) in [4.78, 5) is 15.2. The average Bonchev–Trinajstić information content (AvgIpc) is 3.03. The molecular formula is C26H31FN2O3. The van der Waals surface area contributed by atoms with E-state index in [1.54, 1.807) is 13.2 Å². The van der Waals surface area contributed by atoms with Gasteiger partial charge < -0.3 is 14.8 Å². The highest BCUT2D eigenvalue weighted by Gasteiger charge is 2.42. The zero-order valence-electron chi connectivity index (χ0n) is 19.0. The second-order valence-corrected chi connectivity index (χ2v) is 10.1. The summed E-state index contributed by atoms with van der Waals surface area (Å²) in [5.41, 5.74) is 3.74. The van der Waals surface area contributed by atoms with E-state index in [0.717, 1.165) is 61.2 Å². The van der Waals surface area contributed by atoms with Gasteiger partial charge in [0, 0.05) is 12.1 Å². The normalized spacial score (nSPS) is 27.6. The van der Waals surface area contributed by atoms with Crippen molar-refractivity contribution in [2.45, 2.75) is 45.3 Å². The smallest absolute Gasteiger partial charge is 0.407 e. The molecule has 1 N–H and O–H groups in total. The zero-order valence-corrected chi connectivity index (χ0v) is 19.0. The van der Waals surface area contributed by atoms with Crippen LogP contribution in [0.1, 0.15) is 43.9 Å². The lowest BCUT2D eigenvalue weighted by Gasteiger charge is -2.44. The Morgan fingerprint density at radius 1 is 1.16 bits per heavy atom. The van der Waals surface area contributed by atoms with Gasteiger partial charge in [-0.25, -0.2) is 9.18 Å². The van der Waals surface area contributed by atoms with Crippen LogP contribution in [0.2, 0.25) is 0 Å². The van der Waals surface area contributed by atoms with Crippen LogP contribution in [0.25, 0.3) is 11.1 Å². The summed E-state index contributed by atoms with van der Waals surface area (Å²) in [5.74, 6) is 0.828. The van der Waals surface area contributed by atoms with E-state index >= 15 is 0 Å². The third-order valence-electron chi connectivity index (χ3n) is 7.47. The Morgan fingerprint density at radius 2 is 1.94 bits per heavy atom. The second kappa shape index (κ2) is 8.07. The summed E-state index contributed by atoms with van der Waals surface area (Å²) in [5, 5.41) is 3.16. The van der Waals surface area contributed by atoms with Crippen molar-refractivity contribution < 1.29 is 18.7 Å². The largest absolute Gasteiger partial charge is 0.496 e. The Hall–Kier alpha value is -2.60. The molecule has 2 aromatic rings. The van der Waals surface area contributed by atoms with Crippen molar-refractivity contribution in [3.63, 3.8) is 0 Å². The molecular weight excluding hydrogens is 407 g/mol. The second-order valence-electron chi connectivity index (χ2n) is 10.1. The third-order valence-corrected chi connectivity index (χ3v) is 7.47. The highest BCUT2D eigenvalue weighted by molar-refractivity contribution is 5.73. The number of piperidine rings is 3. The van der Waals surface area contributed by atoms with E-state index in [9.17, 15) is 9.18 Å². The van der Waals surface area contributed by atoms with Crippen molar-refractivity contribution in [1.29, 1.82) is 0 Å². The lowest BCUT2D eigenvalue weighted by Crippen LogP contribution is -2.53. The van der Waals surface area contributed by atoms with E-state index in [2.05, 4.69) is 30.1 Å². The Bertz CT molecular complexity index is 1030. The molecule has 1 amide bonds. The van der Waals surface area contributed by atoms with Gasteiger partial charge in [-0.15, -0.1) is 0 Å². The van der Waals surface area contributed by atoms with Crippen LogP contribution >= 0.6 is 0 Å². The van der Waals surface area contributed by atoms with Crippen LogP contribution in [0.5, 0.6) is 5.75 Å². The van der Waals surface area contributed by atoms with Crippen molar-refractivity contribution in [3.8, 4) is 16.9 Å². The first-order valence-electron chi connectivity index (χ1n) is 11.5. The van der Waals surface area contributed by atoms with E-state index < -0.39 is 0 Å². The van der Waals surface area contributed by atoms with E-state index in [4.69, 9.17) is 9.47 Å². The molecule has 3 aliphatic heterocycles. The molecule has 170 valence electrons. The number of hydrogen-bond donors (Lipinski definition) is 1. The van der Waals surface area contributed by atoms with Crippen LogP contribution < -0.4 is 10.1 Å². The average molecular weight is 439 g/mol. The Balaban J connectivity index is 1.36. The minimum absolute atomic E-state index is 0.00990. The van der Waals surface area contributed by atoms with Gasteiger partial charge >= 0.3 is 6.09 Å². The number of halogens is 1. The highest BCUT2D eigenvalue weighted by atomic mass is 19.1. The molecule has 2 atom stereocenters. The molecule has 6 heteroatoms. The quantitative estimate of drug-likeness (QED) is 0.734. The summed E-state index contributed by atoms with van der Waals surface area (Å²) in [6, 6.07) is 10.5. The molecule has 2 bridgehead atoms. The summed E-state index contributed by atoms with van der Waals surface area (Å²) in [6.07, 6.45) is 2.71. The molecule has 6 rings (SSSR count). The molecule has 0 aromatic heterocycles. The molecule has 32 heavy (non-hydrogen) atoms. The fourth-order valence-electron chi connectivity index (χ4n) is 5.73. The van der Waals surface area contributed by atoms with Gasteiger partial charge in [-0.3, -0.25) is 4.90 Å². The number of fused-ring (bicyclic) bond motifs is 4. The lowest BCUT2D eigenvalue weighted by molar-refractivity contribution is -0.0348. The van der Waals surface area contributed by atoms with Gasteiger partial charge in [0.05, 0.1) is 13.2 Å². The summed E-state index contributed by atoms with van der Waals surface area (Å²) in [6.45, 7) is 7.41. The van der Waals surface area contributed by atoms with E-state index in [0.29, 0.717) is 11.7 Å².